The van der Waals surface area contributed by atoms with Crippen LogP contribution in [0.15, 0.2) is 46.9 Å². The second-order valence-electron chi connectivity index (χ2n) is 6.97. The Morgan fingerprint density at radius 1 is 1.00 bits per heavy atom. The van der Waals surface area contributed by atoms with Gasteiger partial charge in [0.05, 0.1) is 20.9 Å². The smallest absolute Gasteiger partial charge is 0.288 e. The molecule has 7 nitrogen and oxygen atoms in total. The fourth-order valence-corrected chi connectivity index (χ4v) is 3.65. The molecule has 4 rings (SSSR count). The van der Waals surface area contributed by atoms with Crippen LogP contribution in [0, 0.1) is 10.7 Å². The maximum atomic E-state index is 13.1. The molecule has 0 bridgehead atoms. The molecular weight excluding hydrogens is 407 g/mol. The molecule has 1 aliphatic rings. The third-order valence-corrected chi connectivity index (χ3v) is 5.43. The lowest BCUT2D eigenvalue weighted by atomic mass is 10.2. The monoisotopic (exact) mass is 430 g/mol. The van der Waals surface area contributed by atoms with E-state index < -0.39 is 0 Å². The van der Waals surface area contributed by atoms with E-state index in [0.717, 1.165) is 37.4 Å². The summed E-state index contributed by atoms with van der Waals surface area (Å²) in [6.07, 6.45) is 0. The first-order chi connectivity index (χ1) is 14.6. The average molecular weight is 431 g/mol. The zero-order valence-corrected chi connectivity index (χ0v) is 17.7. The molecule has 1 aliphatic heterocycles. The summed E-state index contributed by atoms with van der Waals surface area (Å²) in [5.41, 5.74) is 1.79. The standard InChI is InChI=1S/C21H23FN4O3S/c1-27-18-8-3-15(13-19(18)28-2)20-23-26(21(30)29-20)14-24-9-11-25(12-10-24)17-6-4-16(22)5-7-17/h3-8,13H,9-12,14H2,1-2H3. The van der Waals surface area contributed by atoms with Crippen molar-refractivity contribution in [1.29, 1.82) is 0 Å². The molecule has 0 atom stereocenters. The lowest BCUT2D eigenvalue weighted by molar-refractivity contribution is 0.192. The normalized spacial score (nSPS) is 14.7. The lowest BCUT2D eigenvalue weighted by Crippen LogP contribution is -2.46. The molecule has 0 aliphatic carbocycles. The molecule has 0 amide bonds. The number of hydrogen-bond acceptors (Lipinski definition) is 7. The van der Waals surface area contributed by atoms with Crippen LogP contribution in [-0.4, -0.2) is 55.1 Å². The number of anilines is 1. The molecule has 0 spiro atoms. The van der Waals surface area contributed by atoms with Gasteiger partial charge in [-0.3, -0.25) is 4.90 Å². The Kier molecular flexibility index (Phi) is 6.01. The second-order valence-corrected chi connectivity index (χ2v) is 7.31. The summed E-state index contributed by atoms with van der Waals surface area (Å²) in [5, 5.41) is 4.54. The first-order valence-corrected chi connectivity index (χ1v) is 10.0. The Labute approximate surface area is 179 Å². The molecule has 3 aromatic rings. The minimum Gasteiger partial charge on any atom is -0.493 e. The molecule has 0 saturated carbocycles. The third-order valence-electron chi connectivity index (χ3n) is 5.13. The number of nitrogens with zero attached hydrogens (tertiary/aromatic N) is 4. The predicted molar refractivity (Wildman–Crippen MR) is 114 cm³/mol. The van der Waals surface area contributed by atoms with Gasteiger partial charge in [0, 0.05) is 37.4 Å². The van der Waals surface area contributed by atoms with Crippen LogP contribution in [0.1, 0.15) is 0 Å². The quantitative estimate of drug-likeness (QED) is 0.551. The number of piperazine rings is 1. The van der Waals surface area contributed by atoms with Gasteiger partial charge in [-0.05, 0) is 54.7 Å². The Balaban J connectivity index is 1.42. The number of rotatable bonds is 6. The first kappa shape index (κ1) is 20.4. The minimum atomic E-state index is -0.219. The highest BCUT2D eigenvalue weighted by atomic mass is 32.1. The summed E-state index contributed by atoms with van der Waals surface area (Å²) < 4.78 is 31.2. The molecule has 1 saturated heterocycles. The van der Waals surface area contributed by atoms with Crippen LogP contribution in [0.5, 0.6) is 11.5 Å². The van der Waals surface area contributed by atoms with Crippen molar-refractivity contribution in [2.24, 2.45) is 0 Å². The van der Waals surface area contributed by atoms with Crippen molar-refractivity contribution >= 4 is 17.9 Å². The molecule has 0 unspecified atom stereocenters. The highest BCUT2D eigenvalue weighted by Crippen LogP contribution is 2.31. The molecule has 1 aromatic heterocycles. The Morgan fingerprint density at radius 3 is 2.37 bits per heavy atom. The van der Waals surface area contributed by atoms with Crippen LogP contribution in [0.25, 0.3) is 11.5 Å². The van der Waals surface area contributed by atoms with Gasteiger partial charge >= 0.3 is 0 Å². The molecule has 2 aromatic carbocycles. The lowest BCUT2D eigenvalue weighted by Gasteiger charge is -2.35. The largest absolute Gasteiger partial charge is 0.493 e. The molecule has 0 radical (unpaired) electrons. The van der Waals surface area contributed by atoms with Gasteiger partial charge in [-0.2, -0.15) is 0 Å². The first-order valence-electron chi connectivity index (χ1n) is 9.60. The second kappa shape index (κ2) is 8.85. The Bertz CT molecular complexity index is 1060. The maximum absolute atomic E-state index is 13.1. The number of hydrogen-bond donors (Lipinski definition) is 0. The van der Waals surface area contributed by atoms with Crippen molar-refractivity contribution in [3.63, 3.8) is 0 Å². The van der Waals surface area contributed by atoms with Crippen LogP contribution in [0.3, 0.4) is 0 Å². The molecule has 1 fully saturated rings. The van der Waals surface area contributed by atoms with Crippen molar-refractivity contribution in [1.82, 2.24) is 14.7 Å². The van der Waals surface area contributed by atoms with Gasteiger partial charge in [0.25, 0.3) is 4.84 Å². The van der Waals surface area contributed by atoms with E-state index in [1.54, 1.807) is 25.0 Å². The maximum Gasteiger partial charge on any atom is 0.288 e. The van der Waals surface area contributed by atoms with Gasteiger partial charge in [0.1, 0.15) is 5.82 Å². The van der Waals surface area contributed by atoms with Crippen molar-refractivity contribution in [2.45, 2.75) is 6.67 Å². The fraction of sp³-hybridized carbons (Fsp3) is 0.333. The van der Waals surface area contributed by atoms with Gasteiger partial charge in [-0.25, -0.2) is 9.07 Å². The number of aromatic nitrogens is 2. The van der Waals surface area contributed by atoms with Gasteiger partial charge in [0.15, 0.2) is 11.5 Å². The van der Waals surface area contributed by atoms with E-state index in [9.17, 15) is 4.39 Å². The van der Waals surface area contributed by atoms with E-state index in [1.165, 1.54) is 12.1 Å². The average Bonchev–Trinajstić information content (AvgIpc) is 3.14. The SMILES string of the molecule is COc1ccc(-c2nn(CN3CCN(c4ccc(F)cc4)CC3)c(=S)o2)cc1OC. The summed E-state index contributed by atoms with van der Waals surface area (Å²) in [6, 6.07) is 12.1. The summed E-state index contributed by atoms with van der Waals surface area (Å²) in [7, 11) is 3.18. The van der Waals surface area contributed by atoms with Crippen LogP contribution in [0.2, 0.25) is 0 Å². The molecule has 0 N–H and O–H groups in total. The highest BCUT2D eigenvalue weighted by Gasteiger charge is 2.19. The highest BCUT2D eigenvalue weighted by molar-refractivity contribution is 7.71. The van der Waals surface area contributed by atoms with E-state index >= 15 is 0 Å². The van der Waals surface area contributed by atoms with Gasteiger partial charge in [-0.15, -0.1) is 5.10 Å². The molecule has 158 valence electrons. The van der Waals surface area contributed by atoms with Crippen LogP contribution >= 0.6 is 12.2 Å². The van der Waals surface area contributed by atoms with Crippen LogP contribution in [0.4, 0.5) is 10.1 Å². The number of benzene rings is 2. The third kappa shape index (κ3) is 4.31. The fourth-order valence-electron chi connectivity index (χ4n) is 3.47. The van der Waals surface area contributed by atoms with Gasteiger partial charge in [-0.1, -0.05) is 0 Å². The van der Waals surface area contributed by atoms with Gasteiger partial charge < -0.3 is 18.8 Å². The summed E-state index contributed by atoms with van der Waals surface area (Å²) in [4.78, 5) is 4.82. The summed E-state index contributed by atoms with van der Waals surface area (Å²) in [6.45, 7) is 3.93. The predicted octanol–water partition coefficient (Wildman–Crippen LogP) is 3.81. The van der Waals surface area contributed by atoms with E-state index in [-0.39, 0.29) is 5.82 Å². The van der Waals surface area contributed by atoms with Crippen LogP contribution < -0.4 is 14.4 Å². The van der Waals surface area contributed by atoms with Crippen molar-refractivity contribution in [2.75, 3.05) is 45.3 Å². The van der Waals surface area contributed by atoms with Crippen molar-refractivity contribution in [3.05, 3.63) is 53.1 Å². The summed E-state index contributed by atoms with van der Waals surface area (Å²) in [5.74, 6) is 1.45. The van der Waals surface area contributed by atoms with E-state index in [0.29, 0.717) is 28.9 Å². The Hall–Kier alpha value is -2.91. The zero-order chi connectivity index (χ0) is 21.1. The molecular formula is C21H23FN4O3S. The topological polar surface area (TPSA) is 55.9 Å². The molecule has 2 heterocycles. The molecule has 9 heteroatoms. The van der Waals surface area contributed by atoms with Crippen LogP contribution in [-0.2, 0) is 6.67 Å². The van der Waals surface area contributed by atoms with Crippen molar-refractivity contribution in [3.8, 4) is 23.0 Å². The zero-order valence-electron chi connectivity index (χ0n) is 16.9. The van der Waals surface area contributed by atoms with E-state index in [1.807, 2.05) is 24.3 Å². The number of ether oxygens (including phenoxy) is 2. The van der Waals surface area contributed by atoms with E-state index in [4.69, 9.17) is 26.1 Å². The summed E-state index contributed by atoms with van der Waals surface area (Å²) >= 11 is 5.37. The minimum absolute atomic E-state index is 0.219. The molecule has 30 heavy (non-hydrogen) atoms. The number of methoxy groups -OCH3 is 2. The number of halogens is 1. The van der Waals surface area contributed by atoms with E-state index in [2.05, 4.69) is 14.9 Å². The van der Waals surface area contributed by atoms with Gasteiger partial charge in [0.2, 0.25) is 5.89 Å². The van der Waals surface area contributed by atoms with Crippen molar-refractivity contribution < 1.29 is 18.3 Å². The Morgan fingerprint density at radius 2 is 1.70 bits per heavy atom.